The number of thiocarbonyl (C=S) groups is 1. The highest BCUT2D eigenvalue weighted by molar-refractivity contribution is 7.80. The van der Waals surface area contributed by atoms with Crippen molar-refractivity contribution in [3.8, 4) is 0 Å². The van der Waals surface area contributed by atoms with E-state index in [0.29, 0.717) is 25.9 Å². The van der Waals surface area contributed by atoms with Gasteiger partial charge in [-0.3, -0.25) is 4.79 Å². The third-order valence-electron chi connectivity index (χ3n) is 3.48. The highest BCUT2D eigenvalue weighted by Crippen LogP contribution is 2.24. The van der Waals surface area contributed by atoms with E-state index >= 15 is 0 Å². The van der Waals surface area contributed by atoms with Crippen molar-refractivity contribution in [3.05, 3.63) is 29.6 Å². The normalized spacial score (nSPS) is 16.4. The summed E-state index contributed by atoms with van der Waals surface area (Å²) in [5.41, 5.74) is 11.7. The largest absolute Gasteiger partial charge is 0.389 e. The van der Waals surface area contributed by atoms with Gasteiger partial charge in [-0.25, -0.2) is 4.39 Å². The first-order valence-corrected chi connectivity index (χ1v) is 6.53. The van der Waals surface area contributed by atoms with E-state index in [4.69, 9.17) is 23.7 Å². The highest BCUT2D eigenvalue weighted by atomic mass is 32.1. The lowest BCUT2D eigenvalue weighted by Gasteiger charge is -2.32. The summed E-state index contributed by atoms with van der Waals surface area (Å²) in [7, 11) is 0. The molecule has 1 aromatic carbocycles. The van der Waals surface area contributed by atoms with Crippen LogP contribution in [0.2, 0.25) is 0 Å². The van der Waals surface area contributed by atoms with Crippen LogP contribution < -0.4 is 16.4 Å². The van der Waals surface area contributed by atoms with Crippen LogP contribution in [-0.4, -0.2) is 24.0 Å². The molecular formula is C13H16FN3OS. The molecule has 0 aliphatic carbocycles. The van der Waals surface area contributed by atoms with E-state index in [1.54, 1.807) is 12.1 Å². The maximum Gasteiger partial charge on any atom is 0.220 e. The molecular weight excluding hydrogens is 265 g/mol. The zero-order valence-electron chi connectivity index (χ0n) is 10.4. The van der Waals surface area contributed by atoms with Crippen LogP contribution in [-0.2, 0) is 4.79 Å². The highest BCUT2D eigenvalue weighted by Gasteiger charge is 2.23. The fourth-order valence-electron chi connectivity index (χ4n) is 2.32. The minimum Gasteiger partial charge on any atom is -0.389 e. The first kappa shape index (κ1) is 13.7. The second kappa shape index (κ2) is 5.52. The maximum atomic E-state index is 13.8. The molecule has 4 nitrogen and oxygen atoms in total. The molecule has 0 aromatic heterocycles. The predicted octanol–water partition coefficient (Wildman–Crippen LogP) is 1.16. The minimum atomic E-state index is -0.415. The summed E-state index contributed by atoms with van der Waals surface area (Å²) in [5, 5.41) is 0. The van der Waals surface area contributed by atoms with E-state index in [-0.39, 0.29) is 22.4 Å². The van der Waals surface area contributed by atoms with Gasteiger partial charge in [-0.2, -0.15) is 0 Å². The Morgan fingerprint density at radius 3 is 2.42 bits per heavy atom. The van der Waals surface area contributed by atoms with Crippen molar-refractivity contribution in [1.29, 1.82) is 0 Å². The average molecular weight is 281 g/mol. The molecule has 0 spiro atoms. The molecule has 1 aromatic rings. The van der Waals surface area contributed by atoms with Gasteiger partial charge in [0.25, 0.3) is 0 Å². The van der Waals surface area contributed by atoms with Gasteiger partial charge >= 0.3 is 0 Å². The topological polar surface area (TPSA) is 72.4 Å². The molecule has 4 N–H and O–H groups in total. The zero-order chi connectivity index (χ0) is 14.0. The van der Waals surface area contributed by atoms with Crippen LogP contribution in [0.15, 0.2) is 18.2 Å². The molecule has 1 amide bonds. The van der Waals surface area contributed by atoms with Crippen molar-refractivity contribution < 1.29 is 9.18 Å². The third-order valence-corrected chi connectivity index (χ3v) is 3.70. The Labute approximate surface area is 116 Å². The summed E-state index contributed by atoms with van der Waals surface area (Å²) >= 11 is 4.77. The molecule has 1 heterocycles. The second-order valence-corrected chi connectivity index (χ2v) is 5.13. The molecule has 0 bridgehead atoms. The Kier molecular flexibility index (Phi) is 3.99. The molecule has 0 saturated carbocycles. The summed E-state index contributed by atoms with van der Waals surface area (Å²) in [6.07, 6.45) is 1.40. The number of hydrogen-bond donors (Lipinski definition) is 2. The molecule has 0 radical (unpaired) electrons. The van der Waals surface area contributed by atoms with Gasteiger partial charge in [0.15, 0.2) is 0 Å². The van der Waals surface area contributed by atoms with Crippen molar-refractivity contribution in [2.24, 2.45) is 17.4 Å². The maximum absolute atomic E-state index is 13.8. The van der Waals surface area contributed by atoms with Crippen molar-refractivity contribution in [2.75, 3.05) is 18.0 Å². The average Bonchev–Trinajstić information content (AvgIpc) is 2.38. The van der Waals surface area contributed by atoms with Gasteiger partial charge in [-0.05, 0) is 31.0 Å². The van der Waals surface area contributed by atoms with Crippen LogP contribution >= 0.6 is 12.2 Å². The number of piperidine rings is 1. The van der Waals surface area contributed by atoms with Crippen LogP contribution in [0.25, 0.3) is 0 Å². The smallest absolute Gasteiger partial charge is 0.220 e. The first-order valence-electron chi connectivity index (χ1n) is 6.12. The fourth-order valence-corrected chi connectivity index (χ4v) is 2.49. The number of halogens is 1. The number of carbonyl (C=O) groups is 1. The Morgan fingerprint density at radius 2 is 1.95 bits per heavy atom. The van der Waals surface area contributed by atoms with Gasteiger partial charge in [0.05, 0.1) is 0 Å². The van der Waals surface area contributed by atoms with Gasteiger partial charge < -0.3 is 16.4 Å². The van der Waals surface area contributed by atoms with E-state index < -0.39 is 5.82 Å². The molecule has 102 valence electrons. The number of hydrogen-bond acceptors (Lipinski definition) is 3. The summed E-state index contributed by atoms with van der Waals surface area (Å²) < 4.78 is 13.8. The molecule has 0 atom stereocenters. The Morgan fingerprint density at radius 1 is 1.32 bits per heavy atom. The molecule has 1 aliphatic rings. The molecule has 2 rings (SSSR count). The van der Waals surface area contributed by atoms with Crippen LogP contribution in [0.1, 0.15) is 18.4 Å². The first-order chi connectivity index (χ1) is 8.99. The summed E-state index contributed by atoms with van der Waals surface area (Å²) in [4.78, 5) is 13.2. The van der Waals surface area contributed by atoms with Crippen molar-refractivity contribution in [2.45, 2.75) is 12.8 Å². The molecule has 6 heteroatoms. The van der Waals surface area contributed by atoms with Gasteiger partial charge in [-0.1, -0.05) is 12.2 Å². The van der Waals surface area contributed by atoms with Gasteiger partial charge in [0.1, 0.15) is 10.8 Å². The van der Waals surface area contributed by atoms with Crippen molar-refractivity contribution >= 4 is 28.8 Å². The number of nitrogens with two attached hydrogens (primary N) is 2. The Balaban J connectivity index is 2.10. The number of anilines is 1. The van der Waals surface area contributed by atoms with Crippen LogP contribution in [0.4, 0.5) is 10.1 Å². The summed E-state index contributed by atoms with van der Waals surface area (Å²) in [6.45, 7) is 1.39. The standard InChI is InChI=1S/C13H16FN3OS/c14-11-7-9(1-2-10(11)13(16)19)17-5-3-8(4-6-17)12(15)18/h1-2,7-8H,3-6H2,(H2,15,18)(H2,16,19). The van der Waals surface area contributed by atoms with E-state index in [1.165, 1.54) is 6.07 Å². The number of amides is 1. The number of primary amides is 1. The van der Waals surface area contributed by atoms with Crippen molar-refractivity contribution in [3.63, 3.8) is 0 Å². The molecule has 1 saturated heterocycles. The van der Waals surface area contributed by atoms with E-state index in [0.717, 1.165) is 5.69 Å². The number of benzene rings is 1. The van der Waals surface area contributed by atoms with Gasteiger partial charge in [0, 0.05) is 30.3 Å². The van der Waals surface area contributed by atoms with Gasteiger partial charge in [-0.15, -0.1) is 0 Å². The zero-order valence-corrected chi connectivity index (χ0v) is 11.3. The predicted molar refractivity (Wildman–Crippen MR) is 76.4 cm³/mol. The monoisotopic (exact) mass is 281 g/mol. The van der Waals surface area contributed by atoms with Gasteiger partial charge in [0.2, 0.25) is 5.91 Å². The number of rotatable bonds is 3. The van der Waals surface area contributed by atoms with E-state index in [2.05, 4.69) is 0 Å². The van der Waals surface area contributed by atoms with Crippen molar-refractivity contribution in [1.82, 2.24) is 0 Å². The molecule has 1 fully saturated rings. The lowest BCUT2D eigenvalue weighted by atomic mass is 9.96. The third kappa shape index (κ3) is 3.01. The molecule has 0 unspecified atom stereocenters. The summed E-state index contributed by atoms with van der Waals surface area (Å²) in [5.74, 6) is -0.742. The number of carbonyl (C=O) groups excluding carboxylic acids is 1. The molecule has 1 aliphatic heterocycles. The fraction of sp³-hybridized carbons (Fsp3) is 0.385. The lowest BCUT2D eigenvalue weighted by Crippen LogP contribution is -2.38. The Bertz CT molecular complexity index is 513. The van der Waals surface area contributed by atoms with E-state index in [1.807, 2.05) is 4.90 Å². The minimum absolute atomic E-state index is 0.0523. The summed E-state index contributed by atoms with van der Waals surface area (Å²) in [6, 6.07) is 4.81. The second-order valence-electron chi connectivity index (χ2n) is 4.69. The molecule has 19 heavy (non-hydrogen) atoms. The SMILES string of the molecule is NC(=O)C1CCN(c2ccc(C(N)=S)c(F)c2)CC1. The van der Waals surface area contributed by atoms with E-state index in [9.17, 15) is 9.18 Å². The lowest BCUT2D eigenvalue weighted by molar-refractivity contribution is -0.122. The quantitative estimate of drug-likeness (QED) is 0.816. The van der Waals surface area contributed by atoms with Crippen LogP contribution in [0.3, 0.4) is 0 Å². The number of nitrogens with zero attached hydrogens (tertiary/aromatic N) is 1. The van der Waals surface area contributed by atoms with Crippen LogP contribution in [0, 0.1) is 11.7 Å². The Hall–Kier alpha value is -1.69. The van der Waals surface area contributed by atoms with Crippen LogP contribution in [0.5, 0.6) is 0 Å².